The Kier molecular flexibility index (Phi) is 3.81. The maximum atomic E-state index is 6.06. The van der Waals surface area contributed by atoms with Gasteiger partial charge in [0.15, 0.2) is 0 Å². The zero-order valence-electron chi connectivity index (χ0n) is 13.0. The summed E-state index contributed by atoms with van der Waals surface area (Å²) in [5, 5.41) is 0. The second kappa shape index (κ2) is 4.95. The van der Waals surface area contributed by atoms with Crippen LogP contribution in [0.15, 0.2) is 24.3 Å². The Bertz CT molecular complexity index is 438. The molecule has 0 aliphatic carbocycles. The van der Waals surface area contributed by atoms with E-state index in [2.05, 4.69) is 65.8 Å². The molecule has 1 heterocycles. The molecule has 1 saturated heterocycles. The first kappa shape index (κ1) is 14.6. The van der Waals surface area contributed by atoms with Crippen LogP contribution in [0.25, 0.3) is 0 Å². The summed E-state index contributed by atoms with van der Waals surface area (Å²) >= 11 is 0. The maximum Gasteiger partial charge on any atom is 0.458 e. The van der Waals surface area contributed by atoms with Crippen LogP contribution in [0.2, 0.25) is 6.32 Å². The second-order valence-electron chi connectivity index (χ2n) is 6.74. The first-order valence-corrected chi connectivity index (χ1v) is 7.13. The lowest BCUT2D eigenvalue weighted by atomic mass is 9.75. The van der Waals surface area contributed by atoms with Crippen molar-refractivity contribution < 1.29 is 9.31 Å². The van der Waals surface area contributed by atoms with Crippen LogP contribution < -0.4 is 0 Å². The summed E-state index contributed by atoms with van der Waals surface area (Å²) in [5.74, 6) is 0.439. The molecule has 19 heavy (non-hydrogen) atoms. The van der Waals surface area contributed by atoms with E-state index in [1.165, 1.54) is 11.1 Å². The van der Waals surface area contributed by atoms with Gasteiger partial charge in [-0.2, -0.15) is 0 Å². The van der Waals surface area contributed by atoms with Crippen molar-refractivity contribution in [2.24, 2.45) is 0 Å². The lowest BCUT2D eigenvalue weighted by Gasteiger charge is -2.32. The van der Waals surface area contributed by atoms with Gasteiger partial charge in [0.05, 0.1) is 11.2 Å². The van der Waals surface area contributed by atoms with E-state index in [1.54, 1.807) is 0 Å². The highest BCUT2D eigenvalue weighted by molar-refractivity contribution is 6.45. The van der Waals surface area contributed by atoms with Gasteiger partial charge < -0.3 is 9.31 Å². The van der Waals surface area contributed by atoms with E-state index in [1.807, 2.05) is 0 Å². The van der Waals surface area contributed by atoms with Crippen molar-refractivity contribution in [2.45, 2.75) is 65.0 Å². The molecule has 1 aliphatic heterocycles. The lowest BCUT2D eigenvalue weighted by molar-refractivity contribution is 0.00578. The fourth-order valence-electron chi connectivity index (χ4n) is 2.46. The molecule has 1 aromatic rings. The summed E-state index contributed by atoms with van der Waals surface area (Å²) in [6, 6.07) is 8.68. The predicted molar refractivity (Wildman–Crippen MR) is 80.5 cm³/mol. The van der Waals surface area contributed by atoms with E-state index in [-0.39, 0.29) is 18.3 Å². The van der Waals surface area contributed by atoms with Crippen molar-refractivity contribution in [3.63, 3.8) is 0 Å². The SMILES string of the molecule is Cc1cccc([C@@H](C)CB2OC(C)(C)C(C)(C)O2)c1. The molecule has 0 saturated carbocycles. The van der Waals surface area contributed by atoms with Crippen LogP contribution in [0, 0.1) is 6.92 Å². The van der Waals surface area contributed by atoms with E-state index >= 15 is 0 Å². The Morgan fingerprint density at radius 1 is 1.11 bits per heavy atom. The summed E-state index contributed by atoms with van der Waals surface area (Å²) < 4.78 is 12.1. The average Bonchev–Trinajstić information content (AvgIpc) is 2.46. The minimum atomic E-state index is -0.232. The molecule has 0 spiro atoms. The second-order valence-corrected chi connectivity index (χ2v) is 6.74. The van der Waals surface area contributed by atoms with Gasteiger partial charge in [-0.3, -0.25) is 0 Å². The molecule has 1 atom stereocenters. The number of aryl methyl sites for hydroxylation is 1. The first-order chi connectivity index (χ1) is 8.71. The molecule has 3 heteroatoms. The molecule has 0 amide bonds. The zero-order chi connectivity index (χ0) is 14.3. The minimum Gasteiger partial charge on any atom is -0.403 e. The van der Waals surface area contributed by atoms with Gasteiger partial charge in [0, 0.05) is 0 Å². The maximum absolute atomic E-state index is 6.06. The van der Waals surface area contributed by atoms with Crippen LogP contribution in [0.5, 0.6) is 0 Å². The van der Waals surface area contributed by atoms with Gasteiger partial charge in [-0.05, 0) is 52.4 Å². The van der Waals surface area contributed by atoms with Gasteiger partial charge >= 0.3 is 7.12 Å². The fourth-order valence-corrected chi connectivity index (χ4v) is 2.46. The highest BCUT2D eigenvalue weighted by Crippen LogP contribution is 2.39. The number of rotatable bonds is 3. The Morgan fingerprint density at radius 2 is 1.68 bits per heavy atom. The molecule has 0 unspecified atom stereocenters. The van der Waals surface area contributed by atoms with Crippen molar-refractivity contribution in [1.29, 1.82) is 0 Å². The third kappa shape index (κ3) is 3.03. The van der Waals surface area contributed by atoms with Crippen molar-refractivity contribution in [3.8, 4) is 0 Å². The van der Waals surface area contributed by atoms with Gasteiger partial charge in [-0.15, -0.1) is 0 Å². The highest BCUT2D eigenvalue weighted by Gasteiger charge is 2.51. The lowest BCUT2D eigenvalue weighted by Crippen LogP contribution is -2.41. The molecular formula is C16H25BO2. The summed E-state index contributed by atoms with van der Waals surface area (Å²) in [5.41, 5.74) is 2.20. The normalized spacial score (nSPS) is 22.5. The minimum absolute atomic E-state index is 0.111. The first-order valence-electron chi connectivity index (χ1n) is 7.13. The highest BCUT2D eigenvalue weighted by atomic mass is 16.7. The van der Waals surface area contributed by atoms with E-state index in [4.69, 9.17) is 9.31 Å². The molecule has 2 nitrogen and oxygen atoms in total. The van der Waals surface area contributed by atoms with E-state index in [0.717, 1.165) is 6.32 Å². The predicted octanol–water partition coefficient (Wildman–Crippen LogP) is 4.19. The Balaban J connectivity index is 2.03. The van der Waals surface area contributed by atoms with Gasteiger partial charge in [0.1, 0.15) is 0 Å². The van der Waals surface area contributed by atoms with Crippen molar-refractivity contribution >= 4 is 7.12 Å². The number of benzene rings is 1. The standard InChI is InChI=1S/C16H25BO2/c1-12-8-7-9-14(10-12)13(2)11-17-18-15(3,4)16(5,6)19-17/h7-10,13H,11H2,1-6H3/t13-/m0/s1. The topological polar surface area (TPSA) is 18.5 Å². The van der Waals surface area contributed by atoms with E-state index in [9.17, 15) is 0 Å². The number of hydrogen-bond donors (Lipinski definition) is 0. The molecule has 0 aromatic heterocycles. The molecule has 0 radical (unpaired) electrons. The van der Waals surface area contributed by atoms with Gasteiger partial charge in [-0.1, -0.05) is 36.8 Å². The average molecular weight is 260 g/mol. The smallest absolute Gasteiger partial charge is 0.403 e. The third-order valence-corrected chi connectivity index (χ3v) is 4.46. The van der Waals surface area contributed by atoms with Gasteiger partial charge in [0.2, 0.25) is 0 Å². The Morgan fingerprint density at radius 3 is 2.21 bits per heavy atom. The largest absolute Gasteiger partial charge is 0.458 e. The molecule has 1 aliphatic rings. The summed E-state index contributed by atoms with van der Waals surface area (Å²) in [6.07, 6.45) is 0.899. The summed E-state index contributed by atoms with van der Waals surface area (Å²) in [7, 11) is -0.111. The van der Waals surface area contributed by atoms with E-state index < -0.39 is 0 Å². The van der Waals surface area contributed by atoms with Gasteiger partial charge in [-0.25, -0.2) is 0 Å². The third-order valence-electron chi connectivity index (χ3n) is 4.46. The zero-order valence-corrected chi connectivity index (χ0v) is 13.0. The van der Waals surface area contributed by atoms with Crippen molar-refractivity contribution in [2.75, 3.05) is 0 Å². The monoisotopic (exact) mass is 260 g/mol. The summed E-state index contributed by atoms with van der Waals surface area (Å²) in [4.78, 5) is 0. The summed E-state index contributed by atoms with van der Waals surface area (Å²) in [6.45, 7) is 12.8. The van der Waals surface area contributed by atoms with Crippen molar-refractivity contribution in [3.05, 3.63) is 35.4 Å². The quantitative estimate of drug-likeness (QED) is 0.758. The van der Waals surface area contributed by atoms with Crippen LogP contribution >= 0.6 is 0 Å². The fraction of sp³-hybridized carbons (Fsp3) is 0.625. The van der Waals surface area contributed by atoms with Crippen LogP contribution in [-0.2, 0) is 9.31 Å². The molecular weight excluding hydrogens is 235 g/mol. The molecule has 1 fully saturated rings. The Labute approximate surface area is 117 Å². The Hall–Kier alpha value is -0.795. The molecule has 104 valence electrons. The molecule has 1 aromatic carbocycles. The number of hydrogen-bond acceptors (Lipinski definition) is 2. The van der Waals surface area contributed by atoms with Crippen LogP contribution in [0.3, 0.4) is 0 Å². The molecule has 2 rings (SSSR count). The van der Waals surface area contributed by atoms with E-state index in [0.29, 0.717) is 5.92 Å². The van der Waals surface area contributed by atoms with Crippen molar-refractivity contribution in [1.82, 2.24) is 0 Å². The molecule has 0 N–H and O–H groups in total. The van der Waals surface area contributed by atoms with Gasteiger partial charge in [0.25, 0.3) is 0 Å². The molecule has 0 bridgehead atoms. The van der Waals surface area contributed by atoms with Crippen LogP contribution in [-0.4, -0.2) is 18.3 Å². The van der Waals surface area contributed by atoms with Crippen LogP contribution in [0.4, 0.5) is 0 Å². The van der Waals surface area contributed by atoms with Crippen LogP contribution in [0.1, 0.15) is 51.7 Å².